The van der Waals surface area contributed by atoms with E-state index in [1.54, 1.807) is 12.4 Å². The second kappa shape index (κ2) is 9.96. The van der Waals surface area contributed by atoms with Gasteiger partial charge in [0.05, 0.1) is 25.9 Å². The Morgan fingerprint density at radius 3 is 2.75 bits per heavy atom. The normalized spacial score (nSPS) is 16.4. The number of rotatable bonds is 7. The quantitative estimate of drug-likeness (QED) is 0.507. The minimum Gasteiger partial charge on any atom is -0.383 e. The minimum atomic E-state index is -0.654. The Hall–Kier alpha value is -2.03. The highest BCUT2D eigenvalue weighted by Gasteiger charge is 2.24. The van der Waals surface area contributed by atoms with Gasteiger partial charge in [0.15, 0.2) is 0 Å². The maximum atomic E-state index is 11.9. The van der Waals surface area contributed by atoms with Crippen molar-refractivity contribution in [1.82, 2.24) is 20.5 Å². The van der Waals surface area contributed by atoms with Crippen molar-refractivity contribution in [3.05, 3.63) is 30.1 Å². The van der Waals surface area contributed by atoms with Gasteiger partial charge in [-0.2, -0.15) is 0 Å². The van der Waals surface area contributed by atoms with Crippen LogP contribution in [0.25, 0.3) is 0 Å². The molecule has 132 valence electrons. The molecule has 0 aliphatic carbocycles. The highest BCUT2D eigenvalue weighted by atomic mass is 16.5. The summed E-state index contributed by atoms with van der Waals surface area (Å²) < 4.78 is 10.2. The largest absolute Gasteiger partial charge is 0.383 e. The molecule has 1 aromatic heterocycles. The van der Waals surface area contributed by atoms with E-state index in [-0.39, 0.29) is 6.04 Å². The Kier molecular flexibility index (Phi) is 7.60. The molecular weight excluding hydrogens is 312 g/mol. The third kappa shape index (κ3) is 5.55. The first-order valence-corrected chi connectivity index (χ1v) is 7.99. The fourth-order valence-electron chi connectivity index (χ4n) is 2.54. The van der Waals surface area contributed by atoms with E-state index in [9.17, 15) is 9.59 Å². The Morgan fingerprint density at radius 1 is 1.33 bits per heavy atom. The van der Waals surface area contributed by atoms with Crippen molar-refractivity contribution in [3.63, 3.8) is 0 Å². The van der Waals surface area contributed by atoms with E-state index >= 15 is 0 Å². The van der Waals surface area contributed by atoms with Crippen molar-refractivity contribution < 1.29 is 19.1 Å². The van der Waals surface area contributed by atoms with Crippen molar-refractivity contribution >= 4 is 11.8 Å². The van der Waals surface area contributed by atoms with Crippen LogP contribution in [0.1, 0.15) is 11.6 Å². The number of pyridine rings is 1. The molecule has 2 amide bonds. The molecule has 2 heterocycles. The van der Waals surface area contributed by atoms with Crippen LogP contribution in [-0.4, -0.2) is 74.8 Å². The molecule has 8 heteroatoms. The van der Waals surface area contributed by atoms with Gasteiger partial charge in [-0.3, -0.25) is 19.5 Å². The zero-order valence-electron chi connectivity index (χ0n) is 13.9. The summed E-state index contributed by atoms with van der Waals surface area (Å²) in [6.45, 7) is 3.86. The highest BCUT2D eigenvalue weighted by molar-refractivity contribution is 6.35. The van der Waals surface area contributed by atoms with Gasteiger partial charge in [-0.25, -0.2) is 0 Å². The maximum Gasteiger partial charge on any atom is 0.309 e. The van der Waals surface area contributed by atoms with Gasteiger partial charge in [0.25, 0.3) is 0 Å². The summed E-state index contributed by atoms with van der Waals surface area (Å²) >= 11 is 0. The lowest BCUT2D eigenvalue weighted by atomic mass is 10.1. The first-order chi connectivity index (χ1) is 11.7. The van der Waals surface area contributed by atoms with Gasteiger partial charge in [0, 0.05) is 45.7 Å². The fourth-order valence-corrected chi connectivity index (χ4v) is 2.54. The average Bonchev–Trinajstić information content (AvgIpc) is 2.63. The predicted octanol–water partition coefficient (Wildman–Crippen LogP) is -0.666. The van der Waals surface area contributed by atoms with Gasteiger partial charge >= 0.3 is 11.8 Å². The molecule has 24 heavy (non-hydrogen) atoms. The summed E-state index contributed by atoms with van der Waals surface area (Å²) in [5, 5.41) is 5.21. The predicted molar refractivity (Wildman–Crippen MR) is 87.3 cm³/mol. The van der Waals surface area contributed by atoms with E-state index in [1.807, 2.05) is 12.1 Å². The zero-order valence-corrected chi connectivity index (χ0v) is 13.9. The number of hydrogen-bond acceptors (Lipinski definition) is 6. The first-order valence-electron chi connectivity index (χ1n) is 7.99. The van der Waals surface area contributed by atoms with Gasteiger partial charge < -0.3 is 20.1 Å². The van der Waals surface area contributed by atoms with Crippen LogP contribution in [0, 0.1) is 0 Å². The molecule has 1 atom stereocenters. The van der Waals surface area contributed by atoms with E-state index in [2.05, 4.69) is 20.5 Å². The lowest BCUT2D eigenvalue weighted by Crippen LogP contribution is -2.47. The van der Waals surface area contributed by atoms with Crippen LogP contribution in [0.4, 0.5) is 0 Å². The molecule has 0 unspecified atom stereocenters. The summed E-state index contributed by atoms with van der Waals surface area (Å²) in [5.74, 6) is -1.30. The fraction of sp³-hybridized carbons (Fsp3) is 0.562. The number of methoxy groups -OCH3 is 1. The molecule has 0 saturated carbocycles. The molecule has 8 nitrogen and oxygen atoms in total. The van der Waals surface area contributed by atoms with Crippen LogP contribution in [0.3, 0.4) is 0 Å². The van der Waals surface area contributed by atoms with Crippen molar-refractivity contribution in [2.24, 2.45) is 0 Å². The lowest BCUT2D eigenvalue weighted by Gasteiger charge is -2.34. The topological polar surface area (TPSA) is 92.8 Å². The van der Waals surface area contributed by atoms with E-state index in [0.717, 1.165) is 18.7 Å². The smallest absolute Gasteiger partial charge is 0.309 e. The molecule has 0 spiro atoms. The van der Waals surface area contributed by atoms with Crippen LogP contribution in [0.2, 0.25) is 0 Å². The average molecular weight is 336 g/mol. The number of aromatic nitrogens is 1. The number of nitrogens with zero attached hydrogens (tertiary/aromatic N) is 2. The van der Waals surface area contributed by atoms with Crippen LogP contribution < -0.4 is 10.6 Å². The lowest BCUT2D eigenvalue weighted by molar-refractivity contribution is -0.139. The van der Waals surface area contributed by atoms with Crippen LogP contribution in [0.15, 0.2) is 24.5 Å². The van der Waals surface area contributed by atoms with Gasteiger partial charge in [0.1, 0.15) is 0 Å². The third-order valence-electron chi connectivity index (χ3n) is 3.81. The van der Waals surface area contributed by atoms with E-state index < -0.39 is 11.8 Å². The zero-order chi connectivity index (χ0) is 17.2. The summed E-state index contributed by atoms with van der Waals surface area (Å²) in [6, 6.07) is 3.79. The molecule has 1 aliphatic heterocycles. The summed E-state index contributed by atoms with van der Waals surface area (Å²) in [7, 11) is 1.53. The second-order valence-electron chi connectivity index (χ2n) is 5.41. The van der Waals surface area contributed by atoms with Gasteiger partial charge in [-0.1, -0.05) is 6.07 Å². The Labute approximate surface area is 141 Å². The molecular formula is C16H24N4O4. The number of carbonyl (C=O) groups is 2. The van der Waals surface area contributed by atoms with E-state index in [4.69, 9.17) is 9.47 Å². The Bertz CT molecular complexity index is 520. The van der Waals surface area contributed by atoms with Crippen LogP contribution in [-0.2, 0) is 19.1 Å². The molecule has 0 bridgehead atoms. The highest BCUT2D eigenvalue weighted by Crippen LogP contribution is 2.20. The van der Waals surface area contributed by atoms with Crippen molar-refractivity contribution in [1.29, 1.82) is 0 Å². The standard InChI is InChI=1S/C16H24N4O4/c1-23-8-5-18-15(21)16(22)19-12-14(13-3-2-4-17-11-13)20-6-9-24-10-7-20/h2-4,11,14H,5-10,12H2,1H3,(H,18,21)(H,19,22)/t14-/m0/s1. The first kappa shape index (κ1) is 18.3. The number of amides is 2. The number of nitrogens with one attached hydrogen (secondary N) is 2. The van der Waals surface area contributed by atoms with Crippen molar-refractivity contribution in [3.8, 4) is 0 Å². The molecule has 2 N–H and O–H groups in total. The van der Waals surface area contributed by atoms with Crippen LogP contribution >= 0.6 is 0 Å². The second-order valence-corrected chi connectivity index (χ2v) is 5.41. The monoisotopic (exact) mass is 336 g/mol. The third-order valence-corrected chi connectivity index (χ3v) is 3.81. The van der Waals surface area contributed by atoms with E-state index in [1.165, 1.54) is 7.11 Å². The minimum absolute atomic E-state index is 0.0432. The number of morpholine rings is 1. The van der Waals surface area contributed by atoms with Crippen molar-refractivity contribution in [2.75, 3.05) is 53.1 Å². The molecule has 2 rings (SSSR count). The Morgan fingerprint density at radius 2 is 2.08 bits per heavy atom. The number of ether oxygens (including phenoxy) is 2. The van der Waals surface area contributed by atoms with Crippen molar-refractivity contribution in [2.45, 2.75) is 6.04 Å². The number of carbonyl (C=O) groups excluding carboxylic acids is 2. The molecule has 0 aromatic carbocycles. The molecule has 1 aromatic rings. The maximum absolute atomic E-state index is 11.9. The SMILES string of the molecule is COCCNC(=O)C(=O)NC[C@@H](c1cccnc1)N1CCOCC1. The Balaban J connectivity index is 1.93. The summed E-state index contributed by atoms with van der Waals surface area (Å²) in [4.78, 5) is 30.0. The summed E-state index contributed by atoms with van der Waals surface area (Å²) in [5.41, 5.74) is 1.000. The number of hydrogen-bond donors (Lipinski definition) is 2. The van der Waals surface area contributed by atoms with E-state index in [0.29, 0.717) is 32.9 Å². The van der Waals surface area contributed by atoms with Gasteiger partial charge in [-0.15, -0.1) is 0 Å². The van der Waals surface area contributed by atoms with Gasteiger partial charge in [0.2, 0.25) is 0 Å². The van der Waals surface area contributed by atoms with Gasteiger partial charge in [-0.05, 0) is 11.6 Å². The molecule has 1 fully saturated rings. The molecule has 1 aliphatic rings. The van der Waals surface area contributed by atoms with Crippen LogP contribution in [0.5, 0.6) is 0 Å². The summed E-state index contributed by atoms with van der Waals surface area (Å²) in [6.07, 6.45) is 3.49. The molecule has 1 saturated heterocycles. The molecule has 0 radical (unpaired) electrons.